The fourth-order valence-corrected chi connectivity index (χ4v) is 2.45. The van der Waals surface area contributed by atoms with Gasteiger partial charge in [0.15, 0.2) is 5.82 Å². The van der Waals surface area contributed by atoms with Crippen LogP contribution < -0.4 is 15.8 Å². The molecule has 0 saturated carbocycles. The van der Waals surface area contributed by atoms with Crippen molar-refractivity contribution >= 4 is 17.4 Å². The number of halogens is 1. The highest BCUT2D eigenvalue weighted by Crippen LogP contribution is 2.24. The Labute approximate surface area is 105 Å². The SMILES string of the molecule is CNCC1CCN(c2nc[nH]c(=O)c2Cl)CC1. The maximum absolute atomic E-state index is 11.4. The van der Waals surface area contributed by atoms with Crippen LogP contribution in [0.1, 0.15) is 12.8 Å². The maximum atomic E-state index is 11.4. The second-order valence-electron chi connectivity index (χ2n) is 4.36. The Kier molecular flexibility index (Phi) is 4.02. The van der Waals surface area contributed by atoms with Crippen LogP contribution in [-0.4, -0.2) is 36.6 Å². The molecule has 0 radical (unpaired) electrons. The Morgan fingerprint density at radius 3 is 2.94 bits per heavy atom. The molecule has 1 aromatic heterocycles. The summed E-state index contributed by atoms with van der Waals surface area (Å²) < 4.78 is 0. The molecule has 0 aliphatic carbocycles. The zero-order valence-corrected chi connectivity index (χ0v) is 10.6. The van der Waals surface area contributed by atoms with Crippen LogP contribution in [-0.2, 0) is 0 Å². The first-order valence-electron chi connectivity index (χ1n) is 5.85. The molecule has 2 rings (SSSR count). The van der Waals surface area contributed by atoms with Crippen LogP contribution in [0.2, 0.25) is 5.02 Å². The van der Waals surface area contributed by atoms with E-state index in [0.717, 1.165) is 32.5 Å². The molecule has 1 aliphatic heterocycles. The molecule has 5 nitrogen and oxygen atoms in total. The summed E-state index contributed by atoms with van der Waals surface area (Å²) in [5, 5.41) is 3.39. The summed E-state index contributed by atoms with van der Waals surface area (Å²) >= 11 is 5.96. The molecule has 1 aromatic rings. The zero-order chi connectivity index (χ0) is 12.3. The number of hydrogen-bond acceptors (Lipinski definition) is 4. The van der Waals surface area contributed by atoms with Gasteiger partial charge in [0.05, 0.1) is 6.33 Å². The minimum atomic E-state index is -0.269. The molecular formula is C11H17ClN4O. The molecule has 94 valence electrons. The summed E-state index contributed by atoms with van der Waals surface area (Å²) in [6, 6.07) is 0. The van der Waals surface area contributed by atoms with Crippen LogP contribution >= 0.6 is 11.6 Å². The molecule has 17 heavy (non-hydrogen) atoms. The van der Waals surface area contributed by atoms with E-state index < -0.39 is 0 Å². The first-order chi connectivity index (χ1) is 8.22. The Balaban J connectivity index is 2.05. The first-order valence-corrected chi connectivity index (χ1v) is 6.23. The fourth-order valence-electron chi connectivity index (χ4n) is 2.23. The van der Waals surface area contributed by atoms with Gasteiger partial charge in [0.25, 0.3) is 5.56 Å². The molecule has 0 bridgehead atoms. The molecule has 0 aromatic carbocycles. The monoisotopic (exact) mass is 256 g/mol. The fraction of sp³-hybridized carbons (Fsp3) is 0.636. The van der Waals surface area contributed by atoms with Gasteiger partial charge in [-0.05, 0) is 32.4 Å². The Hall–Kier alpha value is -1.07. The molecule has 1 aliphatic rings. The Bertz CT molecular complexity index is 426. The normalized spacial score (nSPS) is 17.4. The maximum Gasteiger partial charge on any atom is 0.271 e. The van der Waals surface area contributed by atoms with E-state index in [-0.39, 0.29) is 10.6 Å². The molecule has 2 N–H and O–H groups in total. The lowest BCUT2D eigenvalue weighted by atomic mass is 9.97. The number of nitrogens with one attached hydrogen (secondary N) is 2. The molecule has 0 amide bonds. The predicted octanol–water partition coefficient (Wildman–Crippen LogP) is 0.859. The molecular weight excluding hydrogens is 240 g/mol. The highest BCUT2D eigenvalue weighted by atomic mass is 35.5. The van der Waals surface area contributed by atoms with E-state index in [1.165, 1.54) is 6.33 Å². The number of H-pyrrole nitrogens is 1. The zero-order valence-electron chi connectivity index (χ0n) is 9.87. The largest absolute Gasteiger partial charge is 0.355 e. The number of piperidine rings is 1. The van der Waals surface area contributed by atoms with Crippen LogP contribution in [0.4, 0.5) is 5.82 Å². The highest BCUT2D eigenvalue weighted by molar-refractivity contribution is 6.32. The Morgan fingerprint density at radius 1 is 1.59 bits per heavy atom. The molecule has 2 heterocycles. The number of nitrogens with zero attached hydrogens (tertiary/aromatic N) is 2. The second-order valence-corrected chi connectivity index (χ2v) is 4.74. The van der Waals surface area contributed by atoms with Crippen molar-refractivity contribution < 1.29 is 0 Å². The van der Waals surface area contributed by atoms with Gasteiger partial charge < -0.3 is 15.2 Å². The van der Waals surface area contributed by atoms with Gasteiger partial charge in [-0.3, -0.25) is 4.79 Å². The van der Waals surface area contributed by atoms with Crippen molar-refractivity contribution in [1.29, 1.82) is 0 Å². The number of aromatic nitrogens is 2. The van der Waals surface area contributed by atoms with E-state index in [2.05, 4.69) is 20.2 Å². The van der Waals surface area contributed by atoms with Gasteiger partial charge in [-0.2, -0.15) is 0 Å². The van der Waals surface area contributed by atoms with Crippen molar-refractivity contribution in [3.8, 4) is 0 Å². The van der Waals surface area contributed by atoms with Crippen molar-refractivity contribution in [2.24, 2.45) is 5.92 Å². The van der Waals surface area contributed by atoms with Crippen molar-refractivity contribution in [3.05, 3.63) is 21.7 Å². The number of aromatic amines is 1. The third-order valence-corrected chi connectivity index (χ3v) is 3.53. The summed E-state index contributed by atoms with van der Waals surface area (Å²) in [6.07, 6.45) is 3.61. The van der Waals surface area contributed by atoms with E-state index in [0.29, 0.717) is 11.7 Å². The lowest BCUT2D eigenvalue weighted by Gasteiger charge is -2.32. The first kappa shape index (κ1) is 12.4. The van der Waals surface area contributed by atoms with E-state index in [9.17, 15) is 4.79 Å². The lowest BCUT2D eigenvalue weighted by Crippen LogP contribution is -2.37. The molecule has 6 heteroatoms. The summed E-state index contributed by atoms with van der Waals surface area (Å²) in [5.41, 5.74) is -0.269. The van der Waals surface area contributed by atoms with E-state index >= 15 is 0 Å². The average molecular weight is 257 g/mol. The van der Waals surface area contributed by atoms with E-state index in [1.807, 2.05) is 7.05 Å². The van der Waals surface area contributed by atoms with E-state index in [1.54, 1.807) is 0 Å². The van der Waals surface area contributed by atoms with Gasteiger partial charge in [0, 0.05) is 13.1 Å². The van der Waals surface area contributed by atoms with Crippen molar-refractivity contribution in [1.82, 2.24) is 15.3 Å². The number of hydrogen-bond donors (Lipinski definition) is 2. The van der Waals surface area contributed by atoms with Gasteiger partial charge in [-0.15, -0.1) is 0 Å². The summed E-state index contributed by atoms with van der Waals surface area (Å²) in [5.74, 6) is 1.32. The van der Waals surface area contributed by atoms with Crippen LogP contribution in [0.15, 0.2) is 11.1 Å². The minimum absolute atomic E-state index is 0.194. The minimum Gasteiger partial charge on any atom is -0.355 e. The third-order valence-electron chi connectivity index (χ3n) is 3.19. The summed E-state index contributed by atoms with van der Waals surface area (Å²) in [7, 11) is 1.97. The average Bonchev–Trinajstić information content (AvgIpc) is 2.34. The summed E-state index contributed by atoms with van der Waals surface area (Å²) in [4.78, 5) is 20.1. The molecule has 0 unspecified atom stereocenters. The van der Waals surface area contributed by atoms with Crippen LogP contribution in [0.3, 0.4) is 0 Å². The van der Waals surface area contributed by atoms with Crippen LogP contribution in [0.5, 0.6) is 0 Å². The third kappa shape index (κ3) is 2.79. The lowest BCUT2D eigenvalue weighted by molar-refractivity contribution is 0.392. The van der Waals surface area contributed by atoms with Gasteiger partial charge in [-0.25, -0.2) is 4.98 Å². The van der Waals surface area contributed by atoms with Crippen molar-refractivity contribution in [3.63, 3.8) is 0 Å². The Morgan fingerprint density at radius 2 is 2.29 bits per heavy atom. The number of anilines is 1. The van der Waals surface area contributed by atoms with Gasteiger partial charge >= 0.3 is 0 Å². The molecule has 1 saturated heterocycles. The topological polar surface area (TPSA) is 61.0 Å². The van der Waals surface area contributed by atoms with Crippen molar-refractivity contribution in [2.45, 2.75) is 12.8 Å². The highest BCUT2D eigenvalue weighted by Gasteiger charge is 2.21. The number of rotatable bonds is 3. The molecule has 0 atom stereocenters. The van der Waals surface area contributed by atoms with Gasteiger partial charge in [-0.1, -0.05) is 11.6 Å². The standard InChI is InChI=1S/C11H17ClN4O/c1-13-6-8-2-4-16(5-3-8)10-9(12)11(17)15-7-14-10/h7-8,13H,2-6H2,1H3,(H,14,15,17). The van der Waals surface area contributed by atoms with Crippen LogP contribution in [0, 0.1) is 5.92 Å². The smallest absolute Gasteiger partial charge is 0.271 e. The van der Waals surface area contributed by atoms with Crippen LogP contribution in [0.25, 0.3) is 0 Å². The second kappa shape index (κ2) is 5.51. The van der Waals surface area contributed by atoms with Gasteiger partial charge in [0.2, 0.25) is 0 Å². The molecule has 0 spiro atoms. The van der Waals surface area contributed by atoms with E-state index in [4.69, 9.17) is 11.6 Å². The quantitative estimate of drug-likeness (QED) is 0.842. The van der Waals surface area contributed by atoms with Crippen molar-refractivity contribution in [2.75, 3.05) is 31.6 Å². The summed E-state index contributed by atoms with van der Waals surface area (Å²) in [6.45, 7) is 2.86. The van der Waals surface area contributed by atoms with Gasteiger partial charge in [0.1, 0.15) is 5.02 Å². The molecule has 1 fully saturated rings. The predicted molar refractivity (Wildman–Crippen MR) is 68.7 cm³/mol.